The van der Waals surface area contributed by atoms with Gasteiger partial charge in [-0.1, -0.05) is 94.8 Å². The van der Waals surface area contributed by atoms with Gasteiger partial charge in [0.25, 0.3) is 0 Å². The lowest BCUT2D eigenvalue weighted by Gasteiger charge is -2.09. The lowest BCUT2D eigenvalue weighted by Crippen LogP contribution is -1.95. The van der Waals surface area contributed by atoms with Crippen molar-refractivity contribution in [3.8, 4) is 0 Å². The van der Waals surface area contributed by atoms with Crippen molar-refractivity contribution in [1.29, 1.82) is 0 Å². The highest BCUT2D eigenvalue weighted by Crippen LogP contribution is 2.18. The van der Waals surface area contributed by atoms with Crippen LogP contribution in [0, 0.1) is 0 Å². The lowest BCUT2D eigenvalue weighted by atomic mass is 9.97. The molecule has 3 aromatic carbocycles. The standard InChI is InChI=1S/C21H19Br/c22-16-21-12-5-4-11-20(21)15-19-10-6-9-18(14-19)13-17-7-2-1-3-8-17/h1-12,14H,13,15-16H2. The first-order valence-electron chi connectivity index (χ1n) is 7.59. The molecule has 110 valence electrons. The van der Waals surface area contributed by atoms with Crippen molar-refractivity contribution in [3.63, 3.8) is 0 Å². The third kappa shape index (κ3) is 3.86. The zero-order chi connectivity index (χ0) is 15.2. The van der Waals surface area contributed by atoms with E-state index < -0.39 is 0 Å². The van der Waals surface area contributed by atoms with Crippen molar-refractivity contribution in [3.05, 3.63) is 107 Å². The normalized spacial score (nSPS) is 10.6. The molecule has 0 atom stereocenters. The minimum Gasteiger partial charge on any atom is -0.0876 e. The van der Waals surface area contributed by atoms with Crippen LogP contribution in [0.4, 0.5) is 0 Å². The van der Waals surface area contributed by atoms with E-state index in [-0.39, 0.29) is 0 Å². The summed E-state index contributed by atoms with van der Waals surface area (Å²) in [6.07, 6.45) is 1.99. The van der Waals surface area contributed by atoms with Crippen LogP contribution in [-0.4, -0.2) is 0 Å². The molecule has 0 heterocycles. The van der Waals surface area contributed by atoms with E-state index in [2.05, 4.69) is 94.8 Å². The monoisotopic (exact) mass is 350 g/mol. The molecule has 0 fully saturated rings. The Morgan fingerprint density at radius 2 is 1.14 bits per heavy atom. The van der Waals surface area contributed by atoms with Crippen LogP contribution in [0.1, 0.15) is 27.8 Å². The molecule has 0 nitrogen and oxygen atoms in total. The predicted molar refractivity (Wildman–Crippen MR) is 97.6 cm³/mol. The zero-order valence-corrected chi connectivity index (χ0v) is 14.1. The van der Waals surface area contributed by atoms with Gasteiger partial charge in [-0.25, -0.2) is 0 Å². The van der Waals surface area contributed by atoms with Crippen LogP contribution in [0.2, 0.25) is 0 Å². The molecule has 0 aliphatic heterocycles. The van der Waals surface area contributed by atoms with Gasteiger partial charge in [-0.05, 0) is 40.7 Å². The van der Waals surface area contributed by atoms with E-state index in [0.29, 0.717) is 0 Å². The van der Waals surface area contributed by atoms with Crippen LogP contribution in [0.5, 0.6) is 0 Å². The quantitative estimate of drug-likeness (QED) is 0.513. The van der Waals surface area contributed by atoms with Crippen LogP contribution in [0.15, 0.2) is 78.9 Å². The third-order valence-corrected chi connectivity index (χ3v) is 4.50. The van der Waals surface area contributed by atoms with Gasteiger partial charge in [0.15, 0.2) is 0 Å². The van der Waals surface area contributed by atoms with Crippen molar-refractivity contribution in [2.24, 2.45) is 0 Å². The van der Waals surface area contributed by atoms with Gasteiger partial charge in [0.2, 0.25) is 0 Å². The maximum absolute atomic E-state index is 3.58. The predicted octanol–water partition coefficient (Wildman–Crippen LogP) is 5.76. The minimum atomic E-state index is 0.910. The van der Waals surface area contributed by atoms with Crippen molar-refractivity contribution >= 4 is 15.9 Å². The number of hydrogen-bond acceptors (Lipinski definition) is 0. The van der Waals surface area contributed by atoms with Gasteiger partial charge in [-0.2, -0.15) is 0 Å². The zero-order valence-electron chi connectivity index (χ0n) is 12.5. The fourth-order valence-electron chi connectivity index (χ4n) is 2.76. The van der Waals surface area contributed by atoms with Gasteiger partial charge in [-0.15, -0.1) is 0 Å². The molecule has 0 aliphatic carbocycles. The van der Waals surface area contributed by atoms with E-state index in [1.165, 1.54) is 27.8 Å². The summed E-state index contributed by atoms with van der Waals surface area (Å²) in [7, 11) is 0. The second-order valence-corrected chi connectivity index (χ2v) is 6.12. The van der Waals surface area contributed by atoms with Gasteiger partial charge in [0.05, 0.1) is 0 Å². The minimum absolute atomic E-state index is 0.910. The van der Waals surface area contributed by atoms with Crippen LogP contribution in [-0.2, 0) is 18.2 Å². The fraction of sp³-hybridized carbons (Fsp3) is 0.143. The molecule has 22 heavy (non-hydrogen) atoms. The summed E-state index contributed by atoms with van der Waals surface area (Å²) in [4.78, 5) is 0. The van der Waals surface area contributed by atoms with Crippen LogP contribution >= 0.6 is 15.9 Å². The summed E-state index contributed by atoms with van der Waals surface area (Å²) < 4.78 is 0. The van der Waals surface area contributed by atoms with E-state index in [0.717, 1.165) is 18.2 Å². The van der Waals surface area contributed by atoms with Crippen LogP contribution in [0.25, 0.3) is 0 Å². The molecule has 0 unspecified atom stereocenters. The first-order valence-corrected chi connectivity index (χ1v) is 8.72. The Kier molecular flexibility index (Phi) is 5.07. The molecule has 0 amide bonds. The highest BCUT2D eigenvalue weighted by atomic mass is 79.9. The largest absolute Gasteiger partial charge is 0.0876 e. The van der Waals surface area contributed by atoms with Gasteiger partial charge < -0.3 is 0 Å². The molecule has 0 N–H and O–H groups in total. The van der Waals surface area contributed by atoms with Crippen molar-refractivity contribution in [2.75, 3.05) is 0 Å². The Hall–Kier alpha value is -1.86. The molecule has 0 aliphatic rings. The number of alkyl halides is 1. The molecule has 0 spiro atoms. The second-order valence-electron chi connectivity index (χ2n) is 5.56. The molecule has 0 bridgehead atoms. The van der Waals surface area contributed by atoms with Gasteiger partial charge in [-0.3, -0.25) is 0 Å². The SMILES string of the molecule is BrCc1ccccc1Cc1cccc(Cc2ccccc2)c1. The van der Waals surface area contributed by atoms with Crippen LogP contribution < -0.4 is 0 Å². The smallest absolute Gasteiger partial charge is 0.0285 e. The molecular formula is C21H19Br. The van der Waals surface area contributed by atoms with E-state index >= 15 is 0 Å². The summed E-state index contributed by atoms with van der Waals surface area (Å²) in [5, 5.41) is 0.910. The number of hydrogen-bond donors (Lipinski definition) is 0. The van der Waals surface area contributed by atoms with Crippen LogP contribution in [0.3, 0.4) is 0 Å². The summed E-state index contributed by atoms with van der Waals surface area (Å²) in [5.74, 6) is 0. The Bertz CT molecular complexity index is 732. The van der Waals surface area contributed by atoms with Crippen molar-refractivity contribution in [1.82, 2.24) is 0 Å². The maximum atomic E-state index is 3.58. The summed E-state index contributed by atoms with van der Waals surface area (Å²) in [6.45, 7) is 0. The first kappa shape index (κ1) is 15.1. The molecular weight excluding hydrogens is 332 g/mol. The fourth-order valence-corrected chi connectivity index (χ4v) is 3.31. The van der Waals surface area contributed by atoms with Gasteiger partial charge in [0.1, 0.15) is 0 Å². The highest BCUT2D eigenvalue weighted by Gasteiger charge is 2.03. The Balaban J connectivity index is 1.79. The van der Waals surface area contributed by atoms with Gasteiger partial charge >= 0.3 is 0 Å². The van der Waals surface area contributed by atoms with E-state index in [1.54, 1.807) is 0 Å². The van der Waals surface area contributed by atoms with Gasteiger partial charge in [0, 0.05) is 5.33 Å². The lowest BCUT2D eigenvalue weighted by molar-refractivity contribution is 1.12. The average Bonchev–Trinajstić information content (AvgIpc) is 2.57. The molecule has 1 heteroatoms. The second kappa shape index (κ2) is 7.42. The highest BCUT2D eigenvalue weighted by molar-refractivity contribution is 9.08. The van der Waals surface area contributed by atoms with E-state index in [1.807, 2.05) is 0 Å². The van der Waals surface area contributed by atoms with Crippen molar-refractivity contribution in [2.45, 2.75) is 18.2 Å². The average molecular weight is 351 g/mol. The molecule has 0 saturated heterocycles. The number of halogens is 1. The number of rotatable bonds is 5. The maximum Gasteiger partial charge on any atom is 0.0285 e. The summed E-state index contributed by atoms with van der Waals surface area (Å²) in [5.41, 5.74) is 6.88. The first-order chi connectivity index (χ1) is 10.8. The number of benzene rings is 3. The molecule has 0 radical (unpaired) electrons. The molecule has 0 saturated carbocycles. The Labute approximate surface area is 141 Å². The van der Waals surface area contributed by atoms with Crippen molar-refractivity contribution < 1.29 is 0 Å². The molecule has 0 aromatic heterocycles. The van der Waals surface area contributed by atoms with E-state index in [9.17, 15) is 0 Å². The third-order valence-electron chi connectivity index (χ3n) is 3.90. The Morgan fingerprint density at radius 3 is 1.86 bits per heavy atom. The Morgan fingerprint density at radius 1 is 0.545 bits per heavy atom. The summed E-state index contributed by atoms with van der Waals surface area (Å²) >= 11 is 3.58. The topological polar surface area (TPSA) is 0 Å². The molecule has 3 aromatic rings. The molecule has 3 rings (SSSR count). The summed E-state index contributed by atoms with van der Waals surface area (Å²) in [6, 6.07) is 28.2. The van der Waals surface area contributed by atoms with E-state index in [4.69, 9.17) is 0 Å².